The van der Waals surface area contributed by atoms with E-state index in [-0.39, 0.29) is 5.82 Å². The van der Waals surface area contributed by atoms with Gasteiger partial charge in [-0.05, 0) is 36.6 Å². The van der Waals surface area contributed by atoms with Crippen LogP contribution in [0, 0.1) is 5.82 Å². The lowest BCUT2D eigenvalue weighted by Gasteiger charge is -2.20. The molecule has 1 aliphatic rings. The lowest BCUT2D eigenvalue weighted by molar-refractivity contribution is 0.316. The summed E-state index contributed by atoms with van der Waals surface area (Å²) >= 11 is 0. The third-order valence-electron chi connectivity index (χ3n) is 3.28. The van der Waals surface area contributed by atoms with Crippen LogP contribution in [0.25, 0.3) is 0 Å². The van der Waals surface area contributed by atoms with Gasteiger partial charge in [-0.1, -0.05) is 19.1 Å². The van der Waals surface area contributed by atoms with Crippen molar-refractivity contribution in [2.24, 2.45) is 5.73 Å². The molecule has 1 saturated heterocycles. The van der Waals surface area contributed by atoms with Gasteiger partial charge in [0.1, 0.15) is 5.82 Å². The highest BCUT2D eigenvalue weighted by Gasteiger charge is 2.20. The third kappa shape index (κ3) is 2.80. The molecule has 0 bridgehead atoms. The largest absolute Gasteiger partial charge is 0.326 e. The Hall–Kier alpha value is -0.930. The van der Waals surface area contributed by atoms with E-state index >= 15 is 0 Å². The van der Waals surface area contributed by atoms with Crippen LogP contribution in [0.1, 0.15) is 24.8 Å². The number of benzene rings is 1. The number of hydrogen-bond acceptors (Lipinski definition) is 2. The number of hydrogen-bond donors (Lipinski definition) is 1. The molecule has 0 amide bonds. The predicted octanol–water partition coefficient (Wildman–Crippen LogP) is 1.96. The van der Waals surface area contributed by atoms with Crippen LogP contribution >= 0.6 is 0 Å². The van der Waals surface area contributed by atoms with Gasteiger partial charge in [0.25, 0.3) is 0 Å². The van der Waals surface area contributed by atoms with Gasteiger partial charge in [0.15, 0.2) is 0 Å². The molecule has 0 aromatic heterocycles. The molecule has 16 heavy (non-hydrogen) atoms. The quantitative estimate of drug-likeness (QED) is 0.847. The molecule has 1 aromatic rings. The molecule has 0 aliphatic carbocycles. The highest BCUT2D eigenvalue weighted by Crippen LogP contribution is 2.19. The highest BCUT2D eigenvalue weighted by molar-refractivity contribution is 5.20. The number of nitrogens with two attached hydrogens (primary N) is 1. The molecule has 2 atom stereocenters. The summed E-state index contributed by atoms with van der Waals surface area (Å²) in [4.78, 5) is 2.39. The van der Waals surface area contributed by atoms with Crippen LogP contribution < -0.4 is 5.73 Å². The number of rotatable bonds is 3. The van der Waals surface area contributed by atoms with Gasteiger partial charge in [-0.25, -0.2) is 4.39 Å². The summed E-state index contributed by atoms with van der Waals surface area (Å²) in [5.74, 6) is 0.269. The molecule has 1 aromatic carbocycles. The molecule has 3 heteroatoms. The number of likely N-dealkylation sites (tertiary alicyclic amines) is 1. The summed E-state index contributed by atoms with van der Waals surface area (Å²) in [6.45, 7) is 5.27. The second-order valence-electron chi connectivity index (χ2n) is 4.76. The smallest absolute Gasteiger partial charge is 0.123 e. The fourth-order valence-electron chi connectivity index (χ4n) is 2.31. The normalized spacial score (nSPS) is 23.6. The fraction of sp³-hybridized carbons (Fsp3) is 0.538. The Labute approximate surface area is 96.2 Å². The lowest BCUT2D eigenvalue weighted by atomic mass is 10.0. The molecule has 1 fully saturated rings. The molecule has 88 valence electrons. The zero-order valence-electron chi connectivity index (χ0n) is 9.70. The first-order chi connectivity index (χ1) is 7.65. The molecule has 0 radical (unpaired) electrons. The minimum absolute atomic E-state index is 0.167. The molecule has 2 nitrogen and oxygen atoms in total. The Kier molecular flexibility index (Phi) is 3.56. The summed E-state index contributed by atoms with van der Waals surface area (Å²) in [6.07, 6.45) is 1.09. The van der Waals surface area contributed by atoms with Crippen molar-refractivity contribution in [2.45, 2.75) is 25.3 Å². The zero-order valence-corrected chi connectivity index (χ0v) is 9.70. The Morgan fingerprint density at radius 2 is 2.12 bits per heavy atom. The molecule has 1 heterocycles. The van der Waals surface area contributed by atoms with E-state index in [0.29, 0.717) is 12.0 Å². The van der Waals surface area contributed by atoms with Crippen LogP contribution in [-0.2, 0) is 0 Å². The first kappa shape index (κ1) is 11.6. The van der Waals surface area contributed by atoms with Gasteiger partial charge in [-0.2, -0.15) is 0 Å². The van der Waals surface area contributed by atoms with Crippen molar-refractivity contribution < 1.29 is 4.39 Å². The fourth-order valence-corrected chi connectivity index (χ4v) is 2.31. The molecule has 0 saturated carbocycles. The minimum atomic E-state index is -0.167. The summed E-state index contributed by atoms with van der Waals surface area (Å²) in [6, 6.07) is 7.13. The Balaban J connectivity index is 1.92. The molecule has 2 rings (SSSR count). The molecule has 2 unspecified atom stereocenters. The van der Waals surface area contributed by atoms with Gasteiger partial charge in [0.05, 0.1) is 0 Å². The van der Waals surface area contributed by atoms with Crippen molar-refractivity contribution >= 4 is 0 Å². The summed E-state index contributed by atoms with van der Waals surface area (Å²) in [5, 5.41) is 0. The molecular formula is C13H19FN2. The predicted molar refractivity (Wildman–Crippen MR) is 63.8 cm³/mol. The summed E-state index contributed by atoms with van der Waals surface area (Å²) < 4.78 is 12.8. The van der Waals surface area contributed by atoms with Crippen LogP contribution in [0.5, 0.6) is 0 Å². The lowest BCUT2D eigenvalue weighted by Crippen LogP contribution is -2.29. The van der Waals surface area contributed by atoms with Gasteiger partial charge < -0.3 is 10.6 Å². The van der Waals surface area contributed by atoms with Gasteiger partial charge in [0, 0.05) is 19.1 Å². The second kappa shape index (κ2) is 4.93. The summed E-state index contributed by atoms with van der Waals surface area (Å²) in [5.41, 5.74) is 7.06. The summed E-state index contributed by atoms with van der Waals surface area (Å²) in [7, 11) is 0. The molecule has 1 aliphatic heterocycles. The van der Waals surface area contributed by atoms with Crippen molar-refractivity contribution in [1.82, 2.24) is 4.90 Å². The van der Waals surface area contributed by atoms with Crippen molar-refractivity contribution in [2.75, 3.05) is 19.6 Å². The minimum Gasteiger partial charge on any atom is -0.326 e. The zero-order chi connectivity index (χ0) is 11.5. The molecule has 0 spiro atoms. The monoisotopic (exact) mass is 222 g/mol. The van der Waals surface area contributed by atoms with Crippen LogP contribution in [0.15, 0.2) is 24.3 Å². The van der Waals surface area contributed by atoms with E-state index in [1.165, 1.54) is 17.7 Å². The van der Waals surface area contributed by atoms with E-state index in [4.69, 9.17) is 5.73 Å². The standard InChI is InChI=1S/C13H19FN2/c1-10(8-16-7-6-13(15)9-16)11-2-4-12(14)5-3-11/h2-5,10,13H,6-9,15H2,1H3. The van der Waals surface area contributed by atoms with E-state index in [1.807, 2.05) is 12.1 Å². The maximum atomic E-state index is 12.8. The van der Waals surface area contributed by atoms with Crippen LogP contribution in [0.3, 0.4) is 0 Å². The van der Waals surface area contributed by atoms with E-state index in [2.05, 4.69) is 11.8 Å². The number of halogens is 1. The van der Waals surface area contributed by atoms with E-state index < -0.39 is 0 Å². The molecule has 2 N–H and O–H groups in total. The van der Waals surface area contributed by atoms with Gasteiger partial charge >= 0.3 is 0 Å². The average molecular weight is 222 g/mol. The van der Waals surface area contributed by atoms with Crippen molar-refractivity contribution in [3.8, 4) is 0 Å². The Bertz CT molecular complexity index is 336. The van der Waals surface area contributed by atoms with Gasteiger partial charge in [-0.15, -0.1) is 0 Å². The SMILES string of the molecule is CC(CN1CCC(N)C1)c1ccc(F)cc1. The first-order valence-corrected chi connectivity index (χ1v) is 5.88. The van der Waals surface area contributed by atoms with Crippen molar-refractivity contribution in [3.63, 3.8) is 0 Å². The number of nitrogens with zero attached hydrogens (tertiary/aromatic N) is 1. The van der Waals surface area contributed by atoms with E-state index in [9.17, 15) is 4.39 Å². The Morgan fingerprint density at radius 3 is 2.69 bits per heavy atom. The van der Waals surface area contributed by atoms with Crippen LogP contribution in [0.2, 0.25) is 0 Å². The highest BCUT2D eigenvalue weighted by atomic mass is 19.1. The topological polar surface area (TPSA) is 29.3 Å². The van der Waals surface area contributed by atoms with Gasteiger partial charge in [0.2, 0.25) is 0 Å². The maximum absolute atomic E-state index is 12.8. The third-order valence-corrected chi connectivity index (χ3v) is 3.28. The van der Waals surface area contributed by atoms with Crippen LogP contribution in [0.4, 0.5) is 4.39 Å². The second-order valence-corrected chi connectivity index (χ2v) is 4.76. The van der Waals surface area contributed by atoms with Crippen molar-refractivity contribution in [1.29, 1.82) is 0 Å². The van der Waals surface area contributed by atoms with E-state index in [1.54, 1.807) is 0 Å². The first-order valence-electron chi connectivity index (χ1n) is 5.88. The average Bonchev–Trinajstić information content (AvgIpc) is 2.65. The van der Waals surface area contributed by atoms with E-state index in [0.717, 1.165) is 26.1 Å². The van der Waals surface area contributed by atoms with Crippen molar-refractivity contribution in [3.05, 3.63) is 35.6 Å². The maximum Gasteiger partial charge on any atom is 0.123 e. The molecular weight excluding hydrogens is 203 g/mol. The Morgan fingerprint density at radius 1 is 1.44 bits per heavy atom. The van der Waals surface area contributed by atoms with Gasteiger partial charge in [-0.3, -0.25) is 0 Å². The van der Waals surface area contributed by atoms with Crippen LogP contribution in [-0.4, -0.2) is 30.6 Å².